The number of nitrogens with zero attached hydrogens (tertiary/aromatic N) is 2. The van der Waals surface area contributed by atoms with Crippen molar-refractivity contribution in [2.75, 3.05) is 6.61 Å². The zero-order valence-corrected chi connectivity index (χ0v) is 15.8. The van der Waals surface area contributed by atoms with Gasteiger partial charge in [0.15, 0.2) is 0 Å². The summed E-state index contributed by atoms with van der Waals surface area (Å²) < 4.78 is 9.66. The van der Waals surface area contributed by atoms with E-state index in [-0.39, 0.29) is 24.2 Å². The number of nitrogens with one attached hydrogen (secondary N) is 1. The number of imidazole rings is 1. The first-order valence-electron chi connectivity index (χ1n) is 8.40. The van der Waals surface area contributed by atoms with Crippen LogP contribution in [-0.2, 0) is 18.4 Å². The average molecular weight is 416 g/mol. The van der Waals surface area contributed by atoms with Gasteiger partial charge in [-0.1, -0.05) is 28.1 Å². The molecule has 3 aromatic rings. The predicted octanol–water partition coefficient (Wildman–Crippen LogP) is 2.74. The summed E-state index contributed by atoms with van der Waals surface area (Å²) in [5.74, 6) is 0.591. The summed E-state index contributed by atoms with van der Waals surface area (Å²) >= 11 is 3.46. The number of halogens is 1. The van der Waals surface area contributed by atoms with Crippen LogP contribution in [-0.4, -0.2) is 21.6 Å². The molecular weight excluding hydrogens is 398 g/mol. The zero-order valence-electron chi connectivity index (χ0n) is 14.2. The molecule has 7 heteroatoms. The van der Waals surface area contributed by atoms with Gasteiger partial charge in [0.1, 0.15) is 12.3 Å². The van der Waals surface area contributed by atoms with E-state index in [4.69, 9.17) is 4.74 Å². The number of rotatable bonds is 3. The lowest BCUT2D eigenvalue weighted by molar-refractivity contribution is -0.122. The van der Waals surface area contributed by atoms with Crippen molar-refractivity contribution < 1.29 is 9.53 Å². The van der Waals surface area contributed by atoms with Crippen LogP contribution in [0.4, 0.5) is 0 Å². The molecule has 1 aromatic heterocycles. The number of carbonyl (C=O) groups is 1. The molecule has 1 aliphatic rings. The molecule has 1 aliphatic heterocycles. The molecule has 26 heavy (non-hydrogen) atoms. The highest BCUT2D eigenvalue weighted by molar-refractivity contribution is 9.10. The van der Waals surface area contributed by atoms with Crippen LogP contribution >= 0.6 is 15.9 Å². The Morgan fingerprint density at radius 2 is 2.04 bits per heavy atom. The van der Waals surface area contributed by atoms with Gasteiger partial charge in [-0.05, 0) is 30.3 Å². The first kappa shape index (κ1) is 16.9. The minimum absolute atomic E-state index is 0.0130. The van der Waals surface area contributed by atoms with E-state index >= 15 is 0 Å². The Morgan fingerprint density at radius 1 is 1.27 bits per heavy atom. The van der Waals surface area contributed by atoms with E-state index in [1.54, 1.807) is 11.6 Å². The predicted molar refractivity (Wildman–Crippen MR) is 102 cm³/mol. The monoisotopic (exact) mass is 415 g/mol. The van der Waals surface area contributed by atoms with Gasteiger partial charge in [-0.25, -0.2) is 4.79 Å². The minimum atomic E-state index is -0.198. The summed E-state index contributed by atoms with van der Waals surface area (Å²) in [5, 5.41) is 3.04. The third-order valence-electron chi connectivity index (χ3n) is 4.70. The molecule has 4 rings (SSSR count). The molecule has 2 heterocycles. The average Bonchev–Trinajstić information content (AvgIpc) is 2.87. The fourth-order valence-electron chi connectivity index (χ4n) is 3.41. The molecule has 0 spiro atoms. The third kappa shape index (κ3) is 2.92. The number of fused-ring (bicyclic) bond motifs is 2. The van der Waals surface area contributed by atoms with Crippen LogP contribution in [0.15, 0.2) is 51.7 Å². The van der Waals surface area contributed by atoms with Crippen LogP contribution in [0.1, 0.15) is 18.0 Å². The molecule has 1 N–H and O–H groups in total. The standard InChI is InChI=1S/C19H18BrN3O3/c1-22-15-4-2-3-5-16(15)23(19(22)25)11-18(24)21-14-8-9-26-17-7-6-12(20)10-13(14)17/h2-7,10,14H,8-9,11H2,1H3,(H,21,24). The molecule has 1 amide bonds. The van der Waals surface area contributed by atoms with Crippen molar-refractivity contribution in [3.05, 3.63) is 63.0 Å². The van der Waals surface area contributed by atoms with Crippen LogP contribution in [0.3, 0.4) is 0 Å². The van der Waals surface area contributed by atoms with Crippen LogP contribution in [0.2, 0.25) is 0 Å². The molecule has 6 nitrogen and oxygen atoms in total. The molecule has 1 unspecified atom stereocenters. The number of hydrogen-bond acceptors (Lipinski definition) is 3. The molecule has 0 fully saturated rings. The van der Waals surface area contributed by atoms with Gasteiger partial charge in [-0.3, -0.25) is 13.9 Å². The van der Waals surface area contributed by atoms with E-state index in [2.05, 4.69) is 21.2 Å². The molecule has 0 radical (unpaired) electrons. The Bertz CT molecular complexity index is 1050. The van der Waals surface area contributed by atoms with Crippen molar-refractivity contribution in [2.24, 2.45) is 7.05 Å². The fraction of sp³-hybridized carbons (Fsp3) is 0.263. The van der Waals surface area contributed by atoms with Crippen LogP contribution in [0.5, 0.6) is 5.75 Å². The first-order valence-corrected chi connectivity index (χ1v) is 9.20. The Hall–Kier alpha value is -2.54. The lowest BCUT2D eigenvalue weighted by Gasteiger charge is -2.27. The van der Waals surface area contributed by atoms with Gasteiger partial charge in [-0.2, -0.15) is 0 Å². The summed E-state index contributed by atoms with van der Waals surface area (Å²) in [7, 11) is 1.71. The Labute approximate surface area is 158 Å². The van der Waals surface area contributed by atoms with Gasteiger partial charge in [-0.15, -0.1) is 0 Å². The van der Waals surface area contributed by atoms with E-state index in [9.17, 15) is 9.59 Å². The quantitative estimate of drug-likeness (QED) is 0.714. The number of ether oxygens (including phenoxy) is 1. The Kier molecular flexibility index (Phi) is 4.32. The largest absolute Gasteiger partial charge is 0.493 e. The number of carbonyl (C=O) groups excluding carboxylic acids is 1. The van der Waals surface area contributed by atoms with Crippen molar-refractivity contribution in [3.8, 4) is 5.75 Å². The summed E-state index contributed by atoms with van der Waals surface area (Å²) in [6, 6.07) is 13.1. The van der Waals surface area contributed by atoms with Crippen molar-refractivity contribution >= 4 is 32.9 Å². The molecule has 0 saturated heterocycles. The van der Waals surface area contributed by atoms with Gasteiger partial charge in [0.25, 0.3) is 0 Å². The number of amides is 1. The van der Waals surface area contributed by atoms with Gasteiger partial charge in [0.05, 0.1) is 23.7 Å². The van der Waals surface area contributed by atoms with E-state index in [1.165, 1.54) is 4.57 Å². The molecule has 0 bridgehead atoms. The van der Waals surface area contributed by atoms with Crippen LogP contribution < -0.4 is 15.7 Å². The zero-order chi connectivity index (χ0) is 18.3. The summed E-state index contributed by atoms with van der Waals surface area (Å²) in [6.45, 7) is 0.536. The normalized spacial score (nSPS) is 16.2. The van der Waals surface area contributed by atoms with Crippen molar-refractivity contribution in [2.45, 2.75) is 19.0 Å². The van der Waals surface area contributed by atoms with Gasteiger partial charge in [0.2, 0.25) is 5.91 Å². The summed E-state index contributed by atoms with van der Waals surface area (Å²) in [6.07, 6.45) is 0.694. The molecule has 134 valence electrons. The fourth-order valence-corrected chi connectivity index (χ4v) is 3.79. The van der Waals surface area contributed by atoms with E-state index in [1.807, 2.05) is 42.5 Å². The highest BCUT2D eigenvalue weighted by atomic mass is 79.9. The van der Waals surface area contributed by atoms with Gasteiger partial charge >= 0.3 is 5.69 Å². The van der Waals surface area contributed by atoms with Crippen molar-refractivity contribution in [3.63, 3.8) is 0 Å². The van der Waals surface area contributed by atoms with E-state index in [0.29, 0.717) is 13.0 Å². The second kappa shape index (κ2) is 6.64. The second-order valence-electron chi connectivity index (χ2n) is 6.36. The maximum atomic E-state index is 12.6. The second-order valence-corrected chi connectivity index (χ2v) is 7.27. The van der Waals surface area contributed by atoms with E-state index < -0.39 is 0 Å². The van der Waals surface area contributed by atoms with Gasteiger partial charge < -0.3 is 10.1 Å². The van der Waals surface area contributed by atoms with Crippen molar-refractivity contribution in [1.82, 2.24) is 14.5 Å². The molecule has 0 saturated carbocycles. The number of hydrogen-bond donors (Lipinski definition) is 1. The lowest BCUT2D eigenvalue weighted by atomic mass is 10.0. The van der Waals surface area contributed by atoms with E-state index in [0.717, 1.165) is 26.8 Å². The maximum absolute atomic E-state index is 12.6. The summed E-state index contributed by atoms with van der Waals surface area (Å²) in [5.41, 5.74) is 2.32. The molecular formula is C19H18BrN3O3. The smallest absolute Gasteiger partial charge is 0.329 e. The number of para-hydroxylation sites is 2. The highest BCUT2D eigenvalue weighted by Gasteiger charge is 2.24. The Balaban J connectivity index is 1.59. The number of aryl methyl sites for hydroxylation is 1. The lowest BCUT2D eigenvalue weighted by Crippen LogP contribution is -2.36. The number of aromatic nitrogens is 2. The Morgan fingerprint density at radius 3 is 2.85 bits per heavy atom. The minimum Gasteiger partial charge on any atom is -0.493 e. The van der Waals surface area contributed by atoms with Gasteiger partial charge in [0, 0.05) is 23.5 Å². The maximum Gasteiger partial charge on any atom is 0.329 e. The molecule has 0 aliphatic carbocycles. The van der Waals surface area contributed by atoms with Crippen LogP contribution in [0.25, 0.3) is 11.0 Å². The first-order chi connectivity index (χ1) is 12.5. The molecule has 1 atom stereocenters. The van der Waals surface area contributed by atoms with Crippen molar-refractivity contribution in [1.29, 1.82) is 0 Å². The van der Waals surface area contributed by atoms with Crippen LogP contribution in [0, 0.1) is 0 Å². The highest BCUT2D eigenvalue weighted by Crippen LogP contribution is 2.34. The molecule has 2 aromatic carbocycles. The third-order valence-corrected chi connectivity index (χ3v) is 5.19. The summed E-state index contributed by atoms with van der Waals surface area (Å²) in [4.78, 5) is 25.1. The number of benzene rings is 2. The topological polar surface area (TPSA) is 65.3 Å². The SMILES string of the molecule is Cn1c(=O)n(CC(=O)NC2CCOc3ccc(Br)cc32)c2ccccc21.